The second kappa shape index (κ2) is 4.29. The maximum Gasteiger partial charge on any atom is 0.222 e. The Kier molecular flexibility index (Phi) is 2.63. The molecule has 1 aromatic heterocycles. The van der Waals surface area contributed by atoms with Gasteiger partial charge in [0.15, 0.2) is 0 Å². The van der Waals surface area contributed by atoms with Gasteiger partial charge in [-0.3, -0.25) is 0 Å². The minimum Gasteiger partial charge on any atom is -0.368 e. The van der Waals surface area contributed by atoms with Crippen LogP contribution >= 0.6 is 0 Å². The molecule has 0 radical (unpaired) electrons. The van der Waals surface area contributed by atoms with Crippen molar-refractivity contribution in [3.8, 4) is 0 Å². The van der Waals surface area contributed by atoms with Crippen LogP contribution in [0.15, 0.2) is 30.3 Å². The molecule has 0 fully saturated rings. The number of hydrogen-bond acceptors (Lipinski definition) is 4. The largest absolute Gasteiger partial charge is 0.368 e. The Morgan fingerprint density at radius 3 is 2.44 bits per heavy atom. The summed E-state index contributed by atoms with van der Waals surface area (Å²) in [5, 5.41) is 3.44. The lowest BCUT2D eigenvalue weighted by Gasteiger charge is -2.13. The molecule has 92 valence electrons. The summed E-state index contributed by atoms with van der Waals surface area (Å²) >= 11 is 0. The van der Waals surface area contributed by atoms with Crippen LogP contribution in [0.4, 0.5) is 11.8 Å². The third-order valence-electron chi connectivity index (χ3n) is 3.27. The first kappa shape index (κ1) is 11.0. The van der Waals surface area contributed by atoms with Crippen LogP contribution in [0.3, 0.4) is 0 Å². The minimum absolute atomic E-state index is 0.327. The number of anilines is 2. The second-order valence-corrected chi connectivity index (χ2v) is 4.77. The van der Waals surface area contributed by atoms with Gasteiger partial charge in [0.25, 0.3) is 0 Å². The number of nitrogens with zero attached hydrogens (tertiary/aromatic N) is 2. The number of aromatic nitrogens is 2. The standard InChI is InChI=1S/C14H16N4/c1-9-6-13(18-14(15)16-9)17-12-7-10-4-2-3-5-11(10)8-12/h2-6,12H,7-8H2,1H3,(H3,15,16,17,18). The Balaban J connectivity index is 1.76. The highest BCUT2D eigenvalue weighted by Gasteiger charge is 2.21. The number of benzene rings is 1. The number of nitrogens with one attached hydrogen (secondary N) is 1. The molecule has 0 saturated carbocycles. The summed E-state index contributed by atoms with van der Waals surface area (Å²) in [4.78, 5) is 8.29. The van der Waals surface area contributed by atoms with Gasteiger partial charge >= 0.3 is 0 Å². The Labute approximate surface area is 106 Å². The van der Waals surface area contributed by atoms with Gasteiger partial charge < -0.3 is 11.1 Å². The summed E-state index contributed by atoms with van der Waals surface area (Å²) in [7, 11) is 0. The molecule has 1 aromatic carbocycles. The first-order valence-electron chi connectivity index (χ1n) is 6.15. The van der Waals surface area contributed by atoms with E-state index in [4.69, 9.17) is 5.73 Å². The van der Waals surface area contributed by atoms with Crippen LogP contribution in [0.1, 0.15) is 16.8 Å². The van der Waals surface area contributed by atoms with Crippen molar-refractivity contribution in [2.24, 2.45) is 0 Å². The van der Waals surface area contributed by atoms with Crippen molar-refractivity contribution >= 4 is 11.8 Å². The second-order valence-electron chi connectivity index (χ2n) is 4.77. The van der Waals surface area contributed by atoms with Gasteiger partial charge in [-0.05, 0) is 30.9 Å². The van der Waals surface area contributed by atoms with Gasteiger partial charge in [0, 0.05) is 17.8 Å². The predicted octanol–water partition coefficient (Wildman–Crippen LogP) is 1.95. The molecule has 0 amide bonds. The summed E-state index contributed by atoms with van der Waals surface area (Å²) in [5.41, 5.74) is 9.39. The molecule has 0 unspecified atom stereocenters. The van der Waals surface area contributed by atoms with Crippen molar-refractivity contribution in [1.29, 1.82) is 0 Å². The lowest BCUT2D eigenvalue weighted by Crippen LogP contribution is -2.20. The fourth-order valence-electron chi connectivity index (χ4n) is 2.54. The maximum absolute atomic E-state index is 5.66. The van der Waals surface area contributed by atoms with Crippen LogP contribution in [-0.2, 0) is 12.8 Å². The quantitative estimate of drug-likeness (QED) is 0.842. The van der Waals surface area contributed by atoms with Gasteiger partial charge in [-0.2, -0.15) is 4.98 Å². The Morgan fingerprint density at radius 2 is 1.83 bits per heavy atom. The van der Waals surface area contributed by atoms with E-state index in [2.05, 4.69) is 39.6 Å². The van der Waals surface area contributed by atoms with E-state index < -0.39 is 0 Å². The molecule has 2 aromatic rings. The van der Waals surface area contributed by atoms with Gasteiger partial charge in [-0.15, -0.1) is 0 Å². The van der Waals surface area contributed by atoms with E-state index >= 15 is 0 Å². The Morgan fingerprint density at radius 1 is 1.17 bits per heavy atom. The highest BCUT2D eigenvalue weighted by molar-refractivity contribution is 5.44. The van der Waals surface area contributed by atoms with Crippen LogP contribution in [-0.4, -0.2) is 16.0 Å². The molecule has 0 aliphatic heterocycles. The molecule has 1 heterocycles. The van der Waals surface area contributed by atoms with Crippen molar-refractivity contribution in [3.05, 3.63) is 47.2 Å². The molecule has 3 rings (SSSR count). The van der Waals surface area contributed by atoms with Crippen LogP contribution in [0, 0.1) is 6.92 Å². The minimum atomic E-state index is 0.327. The number of nitrogens with two attached hydrogens (primary N) is 1. The molecule has 4 heteroatoms. The van der Waals surface area contributed by atoms with Crippen LogP contribution in [0.2, 0.25) is 0 Å². The molecule has 0 bridgehead atoms. The maximum atomic E-state index is 5.66. The molecule has 0 spiro atoms. The predicted molar refractivity (Wildman–Crippen MR) is 72.4 cm³/mol. The van der Waals surface area contributed by atoms with Crippen molar-refractivity contribution < 1.29 is 0 Å². The number of fused-ring (bicyclic) bond motifs is 1. The zero-order valence-corrected chi connectivity index (χ0v) is 10.4. The fourth-order valence-corrected chi connectivity index (χ4v) is 2.54. The summed E-state index contributed by atoms with van der Waals surface area (Å²) < 4.78 is 0. The molecule has 4 nitrogen and oxygen atoms in total. The van der Waals surface area contributed by atoms with Gasteiger partial charge in [-0.25, -0.2) is 4.98 Å². The lowest BCUT2D eigenvalue weighted by molar-refractivity contribution is 0.768. The monoisotopic (exact) mass is 240 g/mol. The van der Waals surface area contributed by atoms with E-state index in [0.717, 1.165) is 24.4 Å². The normalized spacial score (nSPS) is 14.5. The summed E-state index contributed by atoms with van der Waals surface area (Å²) in [6.07, 6.45) is 2.08. The Bertz CT molecular complexity index is 535. The molecular weight excluding hydrogens is 224 g/mol. The third-order valence-corrected chi connectivity index (χ3v) is 3.27. The number of hydrogen-bond donors (Lipinski definition) is 2. The topological polar surface area (TPSA) is 63.8 Å². The molecule has 1 aliphatic carbocycles. The van der Waals surface area contributed by atoms with Gasteiger partial charge in [-0.1, -0.05) is 24.3 Å². The smallest absolute Gasteiger partial charge is 0.222 e. The van der Waals surface area contributed by atoms with Crippen LogP contribution in [0.5, 0.6) is 0 Å². The molecule has 0 saturated heterocycles. The first-order valence-corrected chi connectivity index (χ1v) is 6.15. The average molecular weight is 240 g/mol. The van der Waals surface area contributed by atoms with E-state index in [-0.39, 0.29) is 0 Å². The van der Waals surface area contributed by atoms with E-state index in [1.54, 1.807) is 0 Å². The van der Waals surface area contributed by atoms with E-state index in [9.17, 15) is 0 Å². The average Bonchev–Trinajstić information content (AvgIpc) is 2.69. The number of nitrogen functional groups attached to an aromatic ring is 1. The van der Waals surface area contributed by atoms with Gasteiger partial charge in [0.2, 0.25) is 5.95 Å². The number of rotatable bonds is 2. The lowest BCUT2D eigenvalue weighted by atomic mass is 10.1. The zero-order valence-electron chi connectivity index (χ0n) is 10.4. The van der Waals surface area contributed by atoms with Gasteiger partial charge in [0.05, 0.1) is 0 Å². The Hall–Kier alpha value is -2.10. The fraction of sp³-hybridized carbons (Fsp3) is 0.286. The van der Waals surface area contributed by atoms with E-state index in [1.807, 2.05) is 13.0 Å². The summed E-state index contributed by atoms with van der Waals surface area (Å²) in [6, 6.07) is 10.9. The summed E-state index contributed by atoms with van der Waals surface area (Å²) in [6.45, 7) is 1.92. The highest BCUT2D eigenvalue weighted by atomic mass is 15.1. The zero-order chi connectivity index (χ0) is 12.5. The molecular formula is C14H16N4. The molecule has 3 N–H and O–H groups in total. The molecule has 0 atom stereocenters. The van der Waals surface area contributed by atoms with Crippen molar-refractivity contribution in [2.45, 2.75) is 25.8 Å². The van der Waals surface area contributed by atoms with E-state index in [1.165, 1.54) is 11.1 Å². The highest BCUT2D eigenvalue weighted by Crippen LogP contribution is 2.24. The number of aryl methyl sites for hydroxylation is 1. The SMILES string of the molecule is Cc1cc(NC2Cc3ccccc3C2)nc(N)n1. The van der Waals surface area contributed by atoms with Crippen LogP contribution < -0.4 is 11.1 Å². The molecule has 1 aliphatic rings. The summed E-state index contributed by atoms with van der Waals surface area (Å²) in [5.74, 6) is 1.14. The van der Waals surface area contributed by atoms with Crippen molar-refractivity contribution in [3.63, 3.8) is 0 Å². The van der Waals surface area contributed by atoms with Crippen molar-refractivity contribution in [1.82, 2.24) is 9.97 Å². The first-order chi connectivity index (χ1) is 8.70. The third kappa shape index (κ3) is 2.14. The molecule has 18 heavy (non-hydrogen) atoms. The van der Waals surface area contributed by atoms with Gasteiger partial charge in [0.1, 0.15) is 5.82 Å². The van der Waals surface area contributed by atoms with Crippen LogP contribution in [0.25, 0.3) is 0 Å². The van der Waals surface area contributed by atoms with Crippen molar-refractivity contribution in [2.75, 3.05) is 11.1 Å². The van der Waals surface area contributed by atoms with E-state index in [0.29, 0.717) is 12.0 Å².